The van der Waals surface area contributed by atoms with Crippen molar-refractivity contribution in [1.82, 2.24) is 9.62 Å². The van der Waals surface area contributed by atoms with Gasteiger partial charge in [-0.1, -0.05) is 30.7 Å². The number of carbonyl (C=O) groups excluding carboxylic acids is 1. The van der Waals surface area contributed by atoms with Crippen LogP contribution >= 0.6 is 0 Å². The van der Waals surface area contributed by atoms with Gasteiger partial charge in [-0.15, -0.1) is 0 Å². The second-order valence-electron chi connectivity index (χ2n) is 6.90. The summed E-state index contributed by atoms with van der Waals surface area (Å²) in [5.41, 5.74) is 1.31. The number of carbonyl (C=O) groups is 1. The first-order valence-corrected chi connectivity index (χ1v) is 10.7. The number of aryl methyl sites for hydroxylation is 1. The van der Waals surface area contributed by atoms with Crippen molar-refractivity contribution in [1.29, 1.82) is 0 Å². The van der Waals surface area contributed by atoms with Crippen molar-refractivity contribution in [3.05, 3.63) is 59.9 Å². The van der Waals surface area contributed by atoms with Gasteiger partial charge in [-0.2, -0.15) is 4.31 Å². The van der Waals surface area contributed by atoms with Gasteiger partial charge in [0.25, 0.3) is 0 Å². The van der Waals surface area contributed by atoms with Gasteiger partial charge in [-0.05, 0) is 49.6 Å². The van der Waals surface area contributed by atoms with Crippen molar-refractivity contribution in [3.63, 3.8) is 0 Å². The van der Waals surface area contributed by atoms with E-state index >= 15 is 0 Å². The van der Waals surface area contributed by atoms with Gasteiger partial charge in [0.15, 0.2) is 0 Å². The van der Waals surface area contributed by atoms with Crippen LogP contribution in [0, 0.1) is 12.7 Å². The van der Waals surface area contributed by atoms with Gasteiger partial charge >= 0.3 is 6.03 Å². The summed E-state index contributed by atoms with van der Waals surface area (Å²) in [6.45, 7) is 2.17. The van der Waals surface area contributed by atoms with Gasteiger partial charge < -0.3 is 10.6 Å². The molecule has 0 radical (unpaired) electrons. The molecule has 8 heteroatoms. The quantitative estimate of drug-likeness (QED) is 0.799. The summed E-state index contributed by atoms with van der Waals surface area (Å²) in [5.74, 6) is -0.751. The number of hydrogen-bond acceptors (Lipinski definition) is 3. The maximum atomic E-state index is 14.3. The molecule has 2 N–H and O–H groups in total. The molecular weight excluding hydrogens is 381 g/mol. The standard InChI is InChI=1S/C20H24FN3O3S/c1-15-10-11-19(18(21)13-15)28(26,27)24-12-6-5-9-17(24)14-22-20(25)23-16-7-3-2-4-8-16/h2-4,7-8,10-11,13,17H,5-6,9,12,14H2,1H3,(H2,22,23,25). The molecule has 0 aliphatic carbocycles. The lowest BCUT2D eigenvalue weighted by Gasteiger charge is -2.34. The van der Waals surface area contributed by atoms with Gasteiger partial charge in [-0.25, -0.2) is 17.6 Å². The van der Waals surface area contributed by atoms with Crippen LogP contribution < -0.4 is 10.6 Å². The Hall–Kier alpha value is -2.45. The molecule has 1 unspecified atom stereocenters. The van der Waals surface area contributed by atoms with Gasteiger partial charge in [0.05, 0.1) is 0 Å². The lowest BCUT2D eigenvalue weighted by atomic mass is 10.1. The number of amides is 2. The monoisotopic (exact) mass is 405 g/mol. The minimum atomic E-state index is -3.98. The highest BCUT2D eigenvalue weighted by Crippen LogP contribution is 2.27. The molecule has 0 aromatic heterocycles. The number of para-hydroxylation sites is 1. The smallest absolute Gasteiger partial charge is 0.319 e. The number of piperidine rings is 1. The minimum absolute atomic E-state index is 0.158. The van der Waals surface area contributed by atoms with Gasteiger partial charge in [0.2, 0.25) is 10.0 Å². The first kappa shape index (κ1) is 20.3. The number of rotatable bonds is 5. The molecule has 0 saturated carbocycles. The molecule has 0 spiro atoms. The third kappa shape index (κ3) is 4.69. The minimum Gasteiger partial charge on any atom is -0.336 e. The highest BCUT2D eigenvalue weighted by molar-refractivity contribution is 7.89. The first-order valence-electron chi connectivity index (χ1n) is 9.26. The van der Waals surface area contributed by atoms with Crippen molar-refractivity contribution in [2.24, 2.45) is 0 Å². The number of sulfonamides is 1. The Kier molecular flexibility index (Phi) is 6.31. The Balaban J connectivity index is 1.70. The van der Waals surface area contributed by atoms with Crippen LogP contribution in [0.4, 0.5) is 14.9 Å². The normalized spacial score (nSPS) is 17.9. The zero-order valence-corrected chi connectivity index (χ0v) is 16.5. The molecule has 1 aliphatic heterocycles. The van der Waals surface area contributed by atoms with Crippen LogP contribution in [0.25, 0.3) is 0 Å². The fourth-order valence-electron chi connectivity index (χ4n) is 3.34. The van der Waals surface area contributed by atoms with Crippen molar-refractivity contribution in [2.75, 3.05) is 18.4 Å². The predicted molar refractivity (Wildman–Crippen MR) is 106 cm³/mol. The SMILES string of the molecule is Cc1ccc(S(=O)(=O)N2CCCCC2CNC(=O)Nc2ccccc2)c(F)c1. The molecule has 1 fully saturated rings. The summed E-state index contributed by atoms with van der Waals surface area (Å²) >= 11 is 0. The molecule has 2 aromatic carbocycles. The molecule has 3 rings (SSSR count). The van der Waals surface area contributed by atoms with Gasteiger partial charge in [0, 0.05) is 24.8 Å². The molecule has 1 aliphatic rings. The van der Waals surface area contributed by atoms with E-state index in [1.165, 1.54) is 16.4 Å². The third-order valence-electron chi connectivity index (χ3n) is 4.78. The van der Waals surface area contributed by atoms with Crippen LogP contribution in [0.15, 0.2) is 53.4 Å². The summed E-state index contributed by atoms with van der Waals surface area (Å²) in [6, 6.07) is 12.3. The molecular formula is C20H24FN3O3S. The third-order valence-corrected chi connectivity index (χ3v) is 6.76. The second-order valence-corrected chi connectivity index (χ2v) is 8.76. The van der Waals surface area contributed by atoms with Crippen molar-refractivity contribution in [2.45, 2.75) is 37.1 Å². The molecule has 6 nitrogen and oxygen atoms in total. The number of urea groups is 1. The number of halogens is 1. The maximum absolute atomic E-state index is 14.3. The summed E-state index contributed by atoms with van der Waals surface area (Å²) in [5, 5.41) is 5.43. The average Bonchev–Trinajstić information content (AvgIpc) is 2.67. The fourth-order valence-corrected chi connectivity index (χ4v) is 5.08. The lowest BCUT2D eigenvalue weighted by Crippen LogP contribution is -2.50. The number of anilines is 1. The number of hydrogen-bond donors (Lipinski definition) is 2. The Morgan fingerprint density at radius 3 is 2.64 bits per heavy atom. The van der Waals surface area contributed by atoms with Crippen LogP contribution in [0.5, 0.6) is 0 Å². The highest BCUT2D eigenvalue weighted by Gasteiger charge is 2.35. The maximum Gasteiger partial charge on any atom is 0.319 e. The summed E-state index contributed by atoms with van der Waals surface area (Å²) in [4.78, 5) is 11.8. The predicted octanol–water partition coefficient (Wildman–Crippen LogP) is 3.50. The average molecular weight is 405 g/mol. The largest absolute Gasteiger partial charge is 0.336 e. The molecule has 1 heterocycles. The van der Waals surface area contributed by atoms with Gasteiger partial charge in [-0.3, -0.25) is 0 Å². The van der Waals surface area contributed by atoms with E-state index in [1.807, 2.05) is 6.07 Å². The molecule has 2 aromatic rings. The van der Waals surface area contributed by atoms with Crippen molar-refractivity contribution < 1.29 is 17.6 Å². The summed E-state index contributed by atoms with van der Waals surface area (Å²) in [6.07, 6.45) is 2.17. The summed E-state index contributed by atoms with van der Waals surface area (Å²) < 4.78 is 41.7. The Morgan fingerprint density at radius 1 is 1.18 bits per heavy atom. The topological polar surface area (TPSA) is 78.5 Å². The van der Waals surface area contributed by atoms with E-state index in [2.05, 4.69) is 10.6 Å². The van der Waals surface area contributed by atoms with Crippen molar-refractivity contribution >= 4 is 21.7 Å². The van der Waals surface area contributed by atoms with Crippen LogP contribution in [-0.2, 0) is 10.0 Å². The van der Waals surface area contributed by atoms with Crippen molar-refractivity contribution in [3.8, 4) is 0 Å². The van der Waals surface area contributed by atoms with E-state index in [1.54, 1.807) is 37.3 Å². The van der Waals surface area contributed by atoms with Crippen LogP contribution in [0.3, 0.4) is 0 Å². The van der Waals surface area contributed by atoms with Crippen LogP contribution in [-0.4, -0.2) is 37.9 Å². The Morgan fingerprint density at radius 2 is 1.93 bits per heavy atom. The van der Waals surface area contributed by atoms with E-state index in [9.17, 15) is 17.6 Å². The fraction of sp³-hybridized carbons (Fsp3) is 0.350. The summed E-state index contributed by atoms with van der Waals surface area (Å²) in [7, 11) is -3.98. The zero-order valence-electron chi connectivity index (χ0n) is 15.7. The van der Waals surface area contributed by atoms with Crippen LogP contribution in [0.2, 0.25) is 0 Å². The van der Waals surface area contributed by atoms with E-state index in [-0.39, 0.29) is 11.4 Å². The van der Waals surface area contributed by atoms with Gasteiger partial charge in [0.1, 0.15) is 10.7 Å². The highest BCUT2D eigenvalue weighted by atomic mass is 32.2. The number of benzene rings is 2. The Labute approximate surface area is 164 Å². The van der Waals surface area contributed by atoms with Crippen LogP contribution in [0.1, 0.15) is 24.8 Å². The van der Waals surface area contributed by atoms with E-state index in [0.29, 0.717) is 30.6 Å². The molecule has 150 valence electrons. The zero-order chi connectivity index (χ0) is 20.1. The molecule has 28 heavy (non-hydrogen) atoms. The lowest BCUT2D eigenvalue weighted by molar-refractivity contribution is 0.231. The molecule has 1 saturated heterocycles. The van der Waals surface area contributed by atoms with E-state index in [4.69, 9.17) is 0 Å². The van der Waals surface area contributed by atoms with E-state index in [0.717, 1.165) is 6.42 Å². The van der Waals surface area contributed by atoms with E-state index < -0.39 is 27.9 Å². The molecule has 2 amide bonds. The first-order chi connectivity index (χ1) is 13.4. The Bertz CT molecular complexity index is 935. The second kappa shape index (κ2) is 8.70. The number of nitrogens with zero attached hydrogens (tertiary/aromatic N) is 1. The number of nitrogens with one attached hydrogen (secondary N) is 2. The molecule has 0 bridgehead atoms. The molecule has 1 atom stereocenters.